The van der Waals surface area contributed by atoms with Crippen molar-refractivity contribution in [2.75, 3.05) is 119 Å². The van der Waals surface area contributed by atoms with Crippen LogP contribution in [0.1, 0.15) is 181 Å². The molecule has 0 aromatic carbocycles. The summed E-state index contributed by atoms with van der Waals surface area (Å²) in [6.45, 7) is 18.2. The Morgan fingerprint density at radius 2 is 0.909 bits per heavy atom. The van der Waals surface area contributed by atoms with Gasteiger partial charge in [0.1, 0.15) is 12.7 Å². The topological polar surface area (TPSA) is 87.2 Å². The van der Waals surface area contributed by atoms with E-state index in [0.717, 1.165) is 130 Å². The fourth-order valence-corrected chi connectivity index (χ4v) is 8.11. The van der Waals surface area contributed by atoms with Gasteiger partial charge in [0.25, 0.3) is 0 Å². The van der Waals surface area contributed by atoms with Gasteiger partial charge in [-0.05, 0) is 104 Å². The molecule has 0 unspecified atom stereocenters. The molecular formula is C56H106N4O6. The van der Waals surface area contributed by atoms with Gasteiger partial charge in [-0.2, -0.15) is 0 Å². The molecule has 10 nitrogen and oxygen atoms in total. The van der Waals surface area contributed by atoms with Gasteiger partial charge in [0.15, 0.2) is 0 Å². The lowest BCUT2D eigenvalue weighted by molar-refractivity contribution is 0.0111. The van der Waals surface area contributed by atoms with Gasteiger partial charge in [0.2, 0.25) is 0 Å². The van der Waals surface area contributed by atoms with Gasteiger partial charge in [0, 0.05) is 65.4 Å². The largest absolute Gasteiger partial charge is 0.508 e. The lowest BCUT2D eigenvalue weighted by atomic mass is 10.0. The number of aliphatic hydroxyl groups excluding tert-OH is 1. The van der Waals surface area contributed by atoms with Crippen molar-refractivity contribution in [1.29, 1.82) is 0 Å². The van der Waals surface area contributed by atoms with Gasteiger partial charge >= 0.3 is 6.16 Å². The van der Waals surface area contributed by atoms with E-state index < -0.39 is 6.16 Å². The van der Waals surface area contributed by atoms with Gasteiger partial charge in [-0.1, -0.05) is 140 Å². The molecule has 0 aromatic heterocycles. The number of ether oxygens (including phenoxy) is 4. The molecule has 0 spiro atoms. The number of unbranched alkanes of at least 4 members (excludes halogenated alkanes) is 18. The van der Waals surface area contributed by atoms with Gasteiger partial charge in [0.05, 0.1) is 33.0 Å². The summed E-state index contributed by atoms with van der Waals surface area (Å²) in [6, 6.07) is 0. The van der Waals surface area contributed by atoms with Crippen LogP contribution in [0.3, 0.4) is 0 Å². The smallest absolute Gasteiger partial charge is 0.433 e. The van der Waals surface area contributed by atoms with Crippen LogP contribution in [0.15, 0.2) is 48.6 Å². The molecule has 0 aromatic rings. The molecule has 2 heterocycles. The predicted molar refractivity (Wildman–Crippen MR) is 281 cm³/mol. The third-order valence-electron chi connectivity index (χ3n) is 12.7. The number of carbonyl (C=O) groups excluding carboxylic acids is 1. The zero-order valence-corrected chi connectivity index (χ0v) is 43.7. The Hall–Kier alpha value is -2.05. The van der Waals surface area contributed by atoms with Gasteiger partial charge in [-0.3, -0.25) is 9.80 Å². The van der Waals surface area contributed by atoms with Crippen LogP contribution >= 0.6 is 0 Å². The van der Waals surface area contributed by atoms with E-state index >= 15 is 0 Å². The summed E-state index contributed by atoms with van der Waals surface area (Å²) in [5.41, 5.74) is 0. The average Bonchev–Trinajstić information content (AvgIpc) is 3.33. The van der Waals surface area contributed by atoms with E-state index in [1.807, 2.05) is 7.05 Å². The molecule has 2 rings (SSSR count). The normalized spacial score (nSPS) is 15.4. The molecule has 386 valence electrons. The molecule has 10 heteroatoms. The second kappa shape index (κ2) is 49.4. The Labute approximate surface area is 407 Å². The molecular weight excluding hydrogens is 825 g/mol. The van der Waals surface area contributed by atoms with E-state index in [1.165, 1.54) is 128 Å². The SMILES string of the molecule is CCCCC/C=C\C/C=C\CCCCCCCCC(CCCCCCCC/C=C\C/C=C\CCCCC)OC(=O)OCCN(C)CCN1CCOCC1.CN(CCO)CCN1CCOCC1. The molecule has 2 aliphatic rings. The van der Waals surface area contributed by atoms with Crippen LogP contribution in [0.2, 0.25) is 0 Å². The van der Waals surface area contributed by atoms with Gasteiger partial charge in [-0.15, -0.1) is 0 Å². The Kier molecular flexibility index (Phi) is 46.4. The maximum atomic E-state index is 12.7. The van der Waals surface area contributed by atoms with Gasteiger partial charge < -0.3 is 33.9 Å². The second-order valence-corrected chi connectivity index (χ2v) is 18.8. The molecule has 0 atom stereocenters. The summed E-state index contributed by atoms with van der Waals surface area (Å²) in [5.74, 6) is 0. The zero-order valence-electron chi connectivity index (χ0n) is 43.7. The highest BCUT2D eigenvalue weighted by Crippen LogP contribution is 2.18. The zero-order chi connectivity index (χ0) is 47.6. The lowest BCUT2D eigenvalue weighted by Crippen LogP contribution is -2.41. The van der Waals surface area contributed by atoms with Crippen LogP contribution in [0.5, 0.6) is 0 Å². The summed E-state index contributed by atoms with van der Waals surface area (Å²) in [4.78, 5) is 21.9. The van der Waals surface area contributed by atoms with Crippen molar-refractivity contribution in [1.82, 2.24) is 19.6 Å². The average molecular weight is 931 g/mol. The number of likely N-dealkylation sites (N-methyl/N-ethyl adjacent to an activating group) is 2. The first-order chi connectivity index (χ1) is 32.5. The van der Waals surface area contributed by atoms with Crippen LogP contribution in [0.25, 0.3) is 0 Å². The molecule has 0 bridgehead atoms. The lowest BCUT2D eigenvalue weighted by Gasteiger charge is -2.28. The number of aliphatic hydroxyl groups is 1. The Morgan fingerprint density at radius 3 is 1.32 bits per heavy atom. The standard InChI is InChI=1S/C47H86N2O4.C9H20N2O2/c1-4-6-8-10-12-14-16-18-20-22-24-26-28-30-32-34-36-46(53-47(50)52-45-40-48(3)38-39-49-41-43-51-44-42-49)37-35-33-31-29-27-25-23-21-19-17-15-13-11-9-7-5-2;1-10(4-7-12)2-3-11-5-8-13-9-6-11/h12-15,18-21,46H,4-11,16-17,22-45H2,1-3H3;12H,2-9H2,1H3/b14-12-,15-13-,20-18-,21-19-;. The first kappa shape index (κ1) is 62.0. The van der Waals surface area contributed by atoms with Crippen LogP contribution in [0, 0.1) is 0 Å². The number of rotatable bonds is 42. The number of nitrogens with zero attached hydrogens (tertiary/aromatic N) is 4. The van der Waals surface area contributed by atoms with E-state index in [9.17, 15) is 4.79 Å². The fourth-order valence-electron chi connectivity index (χ4n) is 8.11. The Morgan fingerprint density at radius 1 is 0.530 bits per heavy atom. The second-order valence-electron chi connectivity index (χ2n) is 18.8. The molecule has 0 amide bonds. The highest BCUT2D eigenvalue weighted by atomic mass is 16.7. The highest BCUT2D eigenvalue weighted by molar-refractivity contribution is 5.60. The van der Waals surface area contributed by atoms with Crippen LogP contribution in [0.4, 0.5) is 4.79 Å². The maximum absolute atomic E-state index is 12.7. The van der Waals surface area contributed by atoms with Crippen LogP contribution in [-0.4, -0.2) is 156 Å². The molecule has 66 heavy (non-hydrogen) atoms. The summed E-state index contributed by atoms with van der Waals surface area (Å²) < 4.78 is 22.2. The number of allylic oxidation sites excluding steroid dienone is 8. The maximum Gasteiger partial charge on any atom is 0.508 e. The number of carbonyl (C=O) groups is 1. The van der Waals surface area contributed by atoms with E-state index in [-0.39, 0.29) is 12.7 Å². The molecule has 0 aliphatic carbocycles. The quantitative estimate of drug-likeness (QED) is 0.0363. The van der Waals surface area contributed by atoms with E-state index in [0.29, 0.717) is 6.61 Å². The van der Waals surface area contributed by atoms with Crippen molar-refractivity contribution < 1.29 is 28.8 Å². The van der Waals surface area contributed by atoms with Crippen LogP contribution < -0.4 is 0 Å². The minimum absolute atomic E-state index is 0.0294. The summed E-state index contributed by atoms with van der Waals surface area (Å²) in [5, 5.41) is 8.70. The van der Waals surface area contributed by atoms with E-state index in [1.54, 1.807) is 0 Å². The Bertz CT molecular complexity index is 1090. The van der Waals surface area contributed by atoms with Crippen LogP contribution in [-0.2, 0) is 18.9 Å². The van der Waals surface area contributed by atoms with Crippen molar-refractivity contribution in [3.8, 4) is 0 Å². The minimum atomic E-state index is -0.489. The fraction of sp³-hybridized carbons (Fsp3) is 0.839. The monoisotopic (exact) mass is 931 g/mol. The molecule has 2 aliphatic heterocycles. The molecule has 1 N–H and O–H groups in total. The molecule has 2 fully saturated rings. The third-order valence-corrected chi connectivity index (χ3v) is 12.7. The van der Waals surface area contributed by atoms with Crippen molar-refractivity contribution in [2.45, 2.75) is 187 Å². The van der Waals surface area contributed by atoms with Crippen molar-refractivity contribution in [3.63, 3.8) is 0 Å². The first-order valence-electron chi connectivity index (χ1n) is 27.5. The van der Waals surface area contributed by atoms with Crippen molar-refractivity contribution in [2.24, 2.45) is 0 Å². The van der Waals surface area contributed by atoms with E-state index in [2.05, 4.69) is 89.1 Å². The number of hydrogen-bond acceptors (Lipinski definition) is 10. The van der Waals surface area contributed by atoms with Gasteiger partial charge in [-0.25, -0.2) is 4.79 Å². The molecule has 2 saturated heterocycles. The summed E-state index contributed by atoms with van der Waals surface area (Å²) in [7, 11) is 4.13. The van der Waals surface area contributed by atoms with E-state index in [4.69, 9.17) is 24.1 Å². The number of morpholine rings is 2. The minimum Gasteiger partial charge on any atom is -0.433 e. The molecule has 0 saturated carbocycles. The van der Waals surface area contributed by atoms with Crippen molar-refractivity contribution in [3.05, 3.63) is 48.6 Å². The summed E-state index contributed by atoms with van der Waals surface area (Å²) >= 11 is 0. The summed E-state index contributed by atoms with van der Waals surface area (Å²) in [6.07, 6.45) is 49.9. The predicted octanol–water partition coefficient (Wildman–Crippen LogP) is 12.4. The first-order valence-corrected chi connectivity index (χ1v) is 27.5. The van der Waals surface area contributed by atoms with Crippen molar-refractivity contribution >= 4 is 6.16 Å². The highest BCUT2D eigenvalue weighted by Gasteiger charge is 2.17. The number of hydrogen-bond donors (Lipinski definition) is 1. The molecule has 0 radical (unpaired) electrons. The third kappa shape index (κ3) is 43.2. The Balaban J connectivity index is 0.00000143.